The molecule has 204 valence electrons. The third-order valence-corrected chi connectivity index (χ3v) is 5.56. The zero-order chi connectivity index (χ0) is 27.7. The topological polar surface area (TPSA) is 95.1 Å². The van der Waals surface area contributed by atoms with Crippen LogP contribution in [0, 0.1) is 12.7 Å². The van der Waals surface area contributed by atoms with Gasteiger partial charge in [0.2, 0.25) is 5.91 Å². The highest BCUT2D eigenvalue weighted by atomic mass is 35.5. The second-order valence-corrected chi connectivity index (χ2v) is 8.96. The Balaban J connectivity index is 1.57. The summed E-state index contributed by atoms with van der Waals surface area (Å²) >= 11 is 6.00. The minimum Gasteiger partial charge on any atom is -0.354 e. The smallest absolute Gasteiger partial charge is 0.354 e. The molecule has 0 saturated heterocycles. The maximum atomic E-state index is 14.3. The van der Waals surface area contributed by atoms with Gasteiger partial charge in [-0.25, -0.2) is 9.37 Å². The number of carbonyl (C=O) groups is 1. The molecule has 0 aliphatic carbocycles. The lowest BCUT2D eigenvalue weighted by Crippen LogP contribution is -2.40. The van der Waals surface area contributed by atoms with Crippen molar-refractivity contribution in [3.63, 3.8) is 0 Å². The van der Waals surface area contributed by atoms with Crippen molar-refractivity contribution in [2.45, 2.75) is 26.4 Å². The number of hydrogen-bond donors (Lipinski definition) is 3. The van der Waals surface area contributed by atoms with E-state index in [4.69, 9.17) is 11.6 Å². The number of aromatic nitrogens is 3. The average molecular weight is 554 g/mol. The number of benzene rings is 1. The molecule has 0 radical (unpaired) electrons. The molecular weight excluding hydrogens is 526 g/mol. The standard InChI is InChI=1S/C25H28ClF4N7O/c1-3-9-37(15-25(28,29)30)10-8-31-14-24(38)34-23-12-18(6-7-32-23)33-21-13-22(36-35-16(21)2)19-11-17(26)4-5-20(19)27/h4-7,11-13,31H,3,8-10,14-15H2,1-2H3,(H2,32,33,34,36,38). The molecule has 0 spiro atoms. The van der Waals surface area contributed by atoms with E-state index in [1.807, 2.05) is 6.92 Å². The van der Waals surface area contributed by atoms with E-state index in [0.717, 1.165) is 0 Å². The molecule has 8 nitrogen and oxygen atoms in total. The monoisotopic (exact) mass is 553 g/mol. The van der Waals surface area contributed by atoms with Gasteiger partial charge >= 0.3 is 6.18 Å². The van der Waals surface area contributed by atoms with Crippen molar-refractivity contribution >= 4 is 34.7 Å². The van der Waals surface area contributed by atoms with Crippen LogP contribution in [0.25, 0.3) is 11.3 Å². The Hall–Kier alpha value is -3.35. The van der Waals surface area contributed by atoms with Crippen molar-refractivity contribution in [2.75, 3.05) is 43.4 Å². The molecule has 0 bridgehead atoms. The highest BCUT2D eigenvalue weighted by molar-refractivity contribution is 6.30. The fraction of sp³-hybridized carbons (Fsp3) is 0.360. The SMILES string of the molecule is CCCN(CCNCC(=O)Nc1cc(Nc2cc(-c3cc(Cl)ccc3F)nnc2C)ccn1)CC(F)(F)F. The van der Waals surface area contributed by atoms with E-state index >= 15 is 0 Å². The highest BCUT2D eigenvalue weighted by Gasteiger charge is 2.30. The summed E-state index contributed by atoms with van der Waals surface area (Å²) in [6.45, 7) is 3.18. The molecule has 1 amide bonds. The number of halogens is 5. The van der Waals surface area contributed by atoms with Crippen molar-refractivity contribution < 1.29 is 22.4 Å². The molecule has 0 atom stereocenters. The second kappa shape index (κ2) is 13.4. The lowest BCUT2D eigenvalue weighted by molar-refractivity contribution is -0.145. The number of pyridine rings is 1. The van der Waals surface area contributed by atoms with Crippen molar-refractivity contribution in [1.82, 2.24) is 25.4 Å². The maximum Gasteiger partial charge on any atom is 0.401 e. The number of anilines is 3. The van der Waals surface area contributed by atoms with E-state index < -0.39 is 24.4 Å². The first-order valence-corrected chi connectivity index (χ1v) is 12.2. The number of nitrogens with one attached hydrogen (secondary N) is 3. The Bertz CT molecular complexity index is 1240. The molecule has 3 rings (SSSR count). The second-order valence-electron chi connectivity index (χ2n) is 8.52. The van der Waals surface area contributed by atoms with Gasteiger partial charge in [0.1, 0.15) is 11.6 Å². The van der Waals surface area contributed by atoms with Gasteiger partial charge in [-0.15, -0.1) is 0 Å². The molecule has 2 heterocycles. The van der Waals surface area contributed by atoms with Gasteiger partial charge < -0.3 is 16.0 Å². The number of carbonyl (C=O) groups excluding carboxylic acids is 1. The number of amides is 1. The molecule has 2 aromatic heterocycles. The fourth-order valence-corrected chi connectivity index (χ4v) is 3.77. The molecule has 3 aromatic rings. The Kier molecular flexibility index (Phi) is 10.3. The van der Waals surface area contributed by atoms with E-state index in [2.05, 4.69) is 31.1 Å². The third-order valence-electron chi connectivity index (χ3n) is 5.32. The van der Waals surface area contributed by atoms with Crippen LogP contribution in [0.4, 0.5) is 34.8 Å². The van der Waals surface area contributed by atoms with Crippen LogP contribution in [-0.2, 0) is 4.79 Å². The van der Waals surface area contributed by atoms with Crippen LogP contribution in [0.2, 0.25) is 5.02 Å². The van der Waals surface area contributed by atoms with Gasteiger partial charge in [0.15, 0.2) is 0 Å². The van der Waals surface area contributed by atoms with Crippen LogP contribution in [0.5, 0.6) is 0 Å². The fourth-order valence-electron chi connectivity index (χ4n) is 3.60. The predicted octanol–water partition coefficient (Wildman–Crippen LogP) is 5.19. The van der Waals surface area contributed by atoms with Gasteiger partial charge in [0.25, 0.3) is 0 Å². The van der Waals surface area contributed by atoms with E-state index in [1.165, 1.54) is 29.3 Å². The van der Waals surface area contributed by atoms with Crippen LogP contribution in [-0.4, -0.2) is 64.9 Å². The van der Waals surface area contributed by atoms with Crippen molar-refractivity contribution in [1.29, 1.82) is 0 Å². The molecule has 0 aliphatic heterocycles. The largest absolute Gasteiger partial charge is 0.401 e. The number of nitrogens with zero attached hydrogens (tertiary/aromatic N) is 4. The van der Waals surface area contributed by atoms with Crippen LogP contribution < -0.4 is 16.0 Å². The number of alkyl halides is 3. The molecule has 38 heavy (non-hydrogen) atoms. The van der Waals surface area contributed by atoms with Gasteiger partial charge in [-0.1, -0.05) is 18.5 Å². The molecule has 3 N–H and O–H groups in total. The molecular formula is C25H28ClF4N7O. The van der Waals surface area contributed by atoms with Crippen LogP contribution >= 0.6 is 11.6 Å². The molecule has 0 aliphatic rings. The van der Waals surface area contributed by atoms with E-state index in [0.29, 0.717) is 40.8 Å². The summed E-state index contributed by atoms with van der Waals surface area (Å²) in [4.78, 5) is 17.7. The van der Waals surface area contributed by atoms with Crippen LogP contribution in [0.15, 0.2) is 42.6 Å². The summed E-state index contributed by atoms with van der Waals surface area (Å²) in [5.41, 5.74) is 2.21. The lowest BCUT2D eigenvalue weighted by atomic mass is 10.1. The van der Waals surface area contributed by atoms with Crippen molar-refractivity contribution in [3.05, 3.63) is 59.1 Å². The predicted molar refractivity (Wildman–Crippen MR) is 139 cm³/mol. The quantitative estimate of drug-likeness (QED) is 0.210. The Labute approximate surface area is 222 Å². The Morgan fingerprint density at radius 1 is 1.11 bits per heavy atom. The summed E-state index contributed by atoms with van der Waals surface area (Å²) in [5, 5.41) is 17.2. The zero-order valence-electron chi connectivity index (χ0n) is 20.9. The molecule has 0 saturated carbocycles. The van der Waals surface area contributed by atoms with Crippen molar-refractivity contribution in [3.8, 4) is 11.3 Å². The summed E-state index contributed by atoms with van der Waals surface area (Å²) < 4.78 is 52.3. The van der Waals surface area contributed by atoms with Gasteiger partial charge in [-0.3, -0.25) is 9.69 Å². The first kappa shape index (κ1) is 29.2. The van der Waals surface area contributed by atoms with E-state index in [9.17, 15) is 22.4 Å². The maximum absolute atomic E-state index is 14.3. The first-order chi connectivity index (χ1) is 18.0. The highest BCUT2D eigenvalue weighted by Crippen LogP contribution is 2.28. The molecule has 1 aromatic carbocycles. The average Bonchev–Trinajstić information content (AvgIpc) is 2.84. The van der Waals surface area contributed by atoms with Crippen LogP contribution in [0.1, 0.15) is 19.0 Å². The van der Waals surface area contributed by atoms with E-state index in [1.54, 1.807) is 25.1 Å². The summed E-state index contributed by atoms with van der Waals surface area (Å²) in [6.07, 6.45) is -2.18. The summed E-state index contributed by atoms with van der Waals surface area (Å²) in [5.74, 6) is -0.611. The number of rotatable bonds is 12. The Morgan fingerprint density at radius 3 is 2.63 bits per heavy atom. The molecule has 13 heteroatoms. The van der Waals surface area contributed by atoms with Gasteiger partial charge in [-0.2, -0.15) is 23.4 Å². The molecule has 0 unspecified atom stereocenters. The minimum atomic E-state index is -4.27. The minimum absolute atomic E-state index is 0.0900. The summed E-state index contributed by atoms with van der Waals surface area (Å²) in [6, 6.07) is 9.08. The normalized spacial score (nSPS) is 11.6. The summed E-state index contributed by atoms with van der Waals surface area (Å²) in [7, 11) is 0. The van der Waals surface area contributed by atoms with Crippen LogP contribution in [0.3, 0.4) is 0 Å². The van der Waals surface area contributed by atoms with Gasteiger partial charge in [0, 0.05) is 41.6 Å². The van der Waals surface area contributed by atoms with E-state index in [-0.39, 0.29) is 31.0 Å². The van der Waals surface area contributed by atoms with Gasteiger partial charge in [-0.05, 0) is 50.2 Å². The molecule has 0 fully saturated rings. The zero-order valence-corrected chi connectivity index (χ0v) is 21.6. The number of aryl methyl sites for hydroxylation is 1. The van der Waals surface area contributed by atoms with Gasteiger partial charge in [0.05, 0.1) is 30.2 Å². The lowest BCUT2D eigenvalue weighted by Gasteiger charge is -2.23. The Morgan fingerprint density at radius 2 is 1.89 bits per heavy atom. The first-order valence-electron chi connectivity index (χ1n) is 11.9. The number of hydrogen-bond acceptors (Lipinski definition) is 7. The van der Waals surface area contributed by atoms with Crippen molar-refractivity contribution in [2.24, 2.45) is 0 Å². The third kappa shape index (κ3) is 9.19.